The zero-order valence-electron chi connectivity index (χ0n) is 4.70. The number of nitrogens with one attached hydrogen (secondary N) is 2. The SMILES string of the molecule is CCCNCNN. The highest BCUT2D eigenvalue weighted by atomic mass is 15.3. The van der Waals surface area contributed by atoms with Crippen molar-refractivity contribution in [2.45, 2.75) is 13.3 Å². The average molecular weight is 103 g/mol. The van der Waals surface area contributed by atoms with E-state index in [-0.39, 0.29) is 0 Å². The third-order valence-electron chi connectivity index (χ3n) is 0.654. The van der Waals surface area contributed by atoms with E-state index in [1.165, 1.54) is 0 Å². The van der Waals surface area contributed by atoms with E-state index in [1.807, 2.05) is 0 Å². The van der Waals surface area contributed by atoms with Gasteiger partial charge in [-0.15, -0.1) is 0 Å². The molecule has 0 aliphatic carbocycles. The molecule has 0 rings (SSSR count). The summed E-state index contributed by atoms with van der Waals surface area (Å²) in [4.78, 5) is 0. The number of hydrogen-bond acceptors (Lipinski definition) is 3. The first-order valence-corrected chi connectivity index (χ1v) is 2.56. The first kappa shape index (κ1) is 6.88. The highest BCUT2D eigenvalue weighted by Crippen LogP contribution is 1.64. The summed E-state index contributed by atoms with van der Waals surface area (Å²) >= 11 is 0. The highest BCUT2D eigenvalue weighted by molar-refractivity contribution is 4.36. The van der Waals surface area contributed by atoms with Crippen molar-refractivity contribution >= 4 is 0 Å². The zero-order valence-corrected chi connectivity index (χ0v) is 4.70. The molecule has 0 bridgehead atoms. The molecule has 0 aliphatic heterocycles. The summed E-state index contributed by atoms with van der Waals surface area (Å²) in [7, 11) is 0. The Labute approximate surface area is 44.2 Å². The molecule has 0 aromatic rings. The van der Waals surface area contributed by atoms with Crippen molar-refractivity contribution in [3.05, 3.63) is 0 Å². The van der Waals surface area contributed by atoms with Gasteiger partial charge >= 0.3 is 0 Å². The summed E-state index contributed by atoms with van der Waals surface area (Å²) in [6.45, 7) is 3.85. The van der Waals surface area contributed by atoms with Gasteiger partial charge in [0.2, 0.25) is 0 Å². The van der Waals surface area contributed by atoms with Crippen LogP contribution in [0.1, 0.15) is 13.3 Å². The first-order chi connectivity index (χ1) is 3.41. The van der Waals surface area contributed by atoms with Crippen LogP contribution in [0.5, 0.6) is 0 Å². The van der Waals surface area contributed by atoms with Gasteiger partial charge in [-0.2, -0.15) is 0 Å². The quantitative estimate of drug-likeness (QED) is 0.193. The van der Waals surface area contributed by atoms with Crippen molar-refractivity contribution in [1.29, 1.82) is 0 Å². The van der Waals surface area contributed by atoms with Gasteiger partial charge in [0.15, 0.2) is 0 Å². The third-order valence-corrected chi connectivity index (χ3v) is 0.654. The maximum atomic E-state index is 4.96. The summed E-state index contributed by atoms with van der Waals surface area (Å²) in [6.07, 6.45) is 1.15. The molecule has 0 fully saturated rings. The summed E-state index contributed by atoms with van der Waals surface area (Å²) in [5, 5.41) is 3.05. The molecule has 0 radical (unpaired) electrons. The summed E-state index contributed by atoms with van der Waals surface area (Å²) in [5.74, 6) is 4.96. The molecule has 7 heavy (non-hydrogen) atoms. The molecule has 0 aromatic carbocycles. The van der Waals surface area contributed by atoms with E-state index in [0.29, 0.717) is 6.67 Å². The van der Waals surface area contributed by atoms with Crippen LogP contribution in [-0.4, -0.2) is 13.2 Å². The lowest BCUT2D eigenvalue weighted by atomic mass is 10.5. The van der Waals surface area contributed by atoms with Gasteiger partial charge in [0, 0.05) is 0 Å². The van der Waals surface area contributed by atoms with E-state index in [4.69, 9.17) is 5.84 Å². The minimum atomic E-state index is 0.702. The van der Waals surface area contributed by atoms with Gasteiger partial charge in [-0.3, -0.25) is 5.84 Å². The van der Waals surface area contributed by atoms with Crippen LogP contribution < -0.4 is 16.6 Å². The Hall–Kier alpha value is -0.120. The van der Waals surface area contributed by atoms with E-state index in [2.05, 4.69) is 17.7 Å². The smallest absolute Gasteiger partial charge is 0.0587 e. The molecule has 0 aromatic heterocycles. The van der Waals surface area contributed by atoms with Crippen molar-refractivity contribution in [3.8, 4) is 0 Å². The second-order valence-electron chi connectivity index (χ2n) is 1.38. The molecular weight excluding hydrogens is 90.1 g/mol. The predicted octanol–water partition coefficient (Wildman–Crippen LogP) is -0.593. The fourth-order valence-corrected chi connectivity index (χ4v) is 0.337. The van der Waals surface area contributed by atoms with Crippen LogP contribution in [0.25, 0.3) is 0 Å². The van der Waals surface area contributed by atoms with Crippen LogP contribution >= 0.6 is 0 Å². The van der Waals surface area contributed by atoms with Gasteiger partial charge in [-0.25, -0.2) is 5.43 Å². The van der Waals surface area contributed by atoms with Crippen LogP contribution in [0.4, 0.5) is 0 Å². The van der Waals surface area contributed by atoms with Crippen molar-refractivity contribution in [3.63, 3.8) is 0 Å². The zero-order chi connectivity index (χ0) is 5.54. The molecule has 3 heteroatoms. The average Bonchev–Trinajstić information content (AvgIpc) is 1.69. The summed E-state index contributed by atoms with van der Waals surface area (Å²) in [6, 6.07) is 0. The van der Waals surface area contributed by atoms with E-state index in [0.717, 1.165) is 13.0 Å². The van der Waals surface area contributed by atoms with Gasteiger partial charge < -0.3 is 5.32 Å². The minimum absolute atomic E-state index is 0.702. The Morgan fingerprint density at radius 3 is 2.71 bits per heavy atom. The molecule has 0 saturated carbocycles. The normalized spacial score (nSPS) is 9.43. The summed E-state index contributed by atoms with van der Waals surface area (Å²) < 4.78 is 0. The van der Waals surface area contributed by atoms with Crippen molar-refractivity contribution in [1.82, 2.24) is 10.7 Å². The van der Waals surface area contributed by atoms with Gasteiger partial charge in [-0.1, -0.05) is 6.92 Å². The highest BCUT2D eigenvalue weighted by Gasteiger charge is 1.75. The Morgan fingerprint density at radius 2 is 2.29 bits per heavy atom. The summed E-state index contributed by atoms with van der Waals surface area (Å²) in [5.41, 5.74) is 2.49. The molecule has 0 saturated heterocycles. The number of hydrogen-bond donors (Lipinski definition) is 3. The largest absolute Gasteiger partial charge is 0.303 e. The minimum Gasteiger partial charge on any atom is -0.303 e. The number of hydrazine groups is 1. The van der Waals surface area contributed by atoms with E-state index < -0.39 is 0 Å². The molecule has 44 valence electrons. The van der Waals surface area contributed by atoms with E-state index in [1.54, 1.807) is 0 Å². The van der Waals surface area contributed by atoms with Gasteiger partial charge in [-0.05, 0) is 13.0 Å². The Bertz CT molecular complexity index is 26.1. The molecule has 0 spiro atoms. The fourth-order valence-electron chi connectivity index (χ4n) is 0.337. The topological polar surface area (TPSA) is 50.1 Å². The second-order valence-corrected chi connectivity index (χ2v) is 1.38. The molecule has 3 nitrogen and oxygen atoms in total. The molecule has 4 N–H and O–H groups in total. The monoisotopic (exact) mass is 103 g/mol. The molecule has 0 aliphatic rings. The van der Waals surface area contributed by atoms with Crippen molar-refractivity contribution in [2.24, 2.45) is 5.84 Å². The van der Waals surface area contributed by atoms with Crippen LogP contribution in [0, 0.1) is 0 Å². The Balaban J connectivity index is 2.45. The Kier molecular flexibility index (Phi) is 5.78. The third kappa shape index (κ3) is 5.88. The van der Waals surface area contributed by atoms with E-state index >= 15 is 0 Å². The second kappa shape index (κ2) is 5.88. The fraction of sp³-hybridized carbons (Fsp3) is 1.00. The maximum absolute atomic E-state index is 4.96. The first-order valence-electron chi connectivity index (χ1n) is 2.56. The Morgan fingerprint density at radius 1 is 1.57 bits per heavy atom. The van der Waals surface area contributed by atoms with Crippen LogP contribution in [0.15, 0.2) is 0 Å². The van der Waals surface area contributed by atoms with Crippen LogP contribution in [0.3, 0.4) is 0 Å². The van der Waals surface area contributed by atoms with Gasteiger partial charge in [0.05, 0.1) is 6.67 Å². The number of nitrogens with two attached hydrogens (primary N) is 1. The lowest BCUT2D eigenvalue weighted by molar-refractivity contribution is 0.596. The van der Waals surface area contributed by atoms with E-state index in [9.17, 15) is 0 Å². The molecule has 0 unspecified atom stereocenters. The van der Waals surface area contributed by atoms with Crippen LogP contribution in [0.2, 0.25) is 0 Å². The molecule has 0 heterocycles. The van der Waals surface area contributed by atoms with Crippen molar-refractivity contribution in [2.75, 3.05) is 13.2 Å². The molecule has 0 atom stereocenters. The standard InChI is InChI=1S/C4H13N3/c1-2-3-6-4-7-5/h6-7H,2-5H2,1H3. The van der Waals surface area contributed by atoms with Gasteiger partial charge in [0.25, 0.3) is 0 Å². The predicted molar refractivity (Wildman–Crippen MR) is 30.5 cm³/mol. The van der Waals surface area contributed by atoms with Crippen molar-refractivity contribution < 1.29 is 0 Å². The lowest BCUT2D eigenvalue weighted by Crippen LogP contribution is -2.34. The maximum Gasteiger partial charge on any atom is 0.0587 e. The van der Waals surface area contributed by atoms with Gasteiger partial charge in [0.1, 0.15) is 0 Å². The molecular formula is C4H13N3. The number of rotatable bonds is 4. The van der Waals surface area contributed by atoms with Crippen LogP contribution in [-0.2, 0) is 0 Å². The lowest BCUT2D eigenvalue weighted by Gasteiger charge is -1.97. The molecule has 0 amide bonds.